The van der Waals surface area contributed by atoms with Crippen molar-refractivity contribution in [3.63, 3.8) is 0 Å². The molecule has 2 nitrogen and oxygen atoms in total. The average molecular weight is 562 g/mol. The van der Waals surface area contributed by atoms with Crippen LogP contribution in [0.2, 0.25) is 0 Å². The van der Waals surface area contributed by atoms with Crippen LogP contribution in [0.25, 0.3) is 65.4 Å². The molecule has 0 N–H and O–H groups in total. The highest BCUT2D eigenvalue weighted by Gasteiger charge is 2.20. The predicted octanol–water partition coefficient (Wildman–Crippen LogP) is 12.2. The minimum atomic E-state index is 0.890. The van der Waals surface area contributed by atoms with E-state index in [0.29, 0.717) is 0 Å². The molecule has 0 saturated carbocycles. The molecule has 0 amide bonds. The van der Waals surface area contributed by atoms with E-state index in [4.69, 9.17) is 4.42 Å². The lowest BCUT2D eigenvalue weighted by molar-refractivity contribution is 0.669. The summed E-state index contributed by atoms with van der Waals surface area (Å²) in [6.07, 6.45) is 0. The van der Waals surface area contributed by atoms with Gasteiger partial charge in [-0.2, -0.15) is 0 Å². The highest BCUT2D eigenvalue weighted by Crippen LogP contribution is 2.45. The van der Waals surface area contributed by atoms with Crippen LogP contribution in [0.3, 0.4) is 0 Å². The van der Waals surface area contributed by atoms with Crippen LogP contribution in [0.15, 0.2) is 168 Å². The largest absolute Gasteiger partial charge is 0.456 e. The van der Waals surface area contributed by atoms with Gasteiger partial charge in [0.25, 0.3) is 0 Å². The lowest BCUT2D eigenvalue weighted by Gasteiger charge is -2.28. The second-order valence-electron chi connectivity index (χ2n) is 11.4. The van der Waals surface area contributed by atoms with Gasteiger partial charge in [-0.1, -0.05) is 121 Å². The van der Waals surface area contributed by atoms with Gasteiger partial charge < -0.3 is 9.32 Å². The molecule has 0 aliphatic rings. The molecular weight excluding hydrogens is 534 g/mol. The van der Waals surface area contributed by atoms with Crippen molar-refractivity contribution in [2.45, 2.75) is 0 Å². The third kappa shape index (κ3) is 3.89. The fourth-order valence-electron chi connectivity index (χ4n) is 6.78. The standard InChI is InChI=1S/C42H27NO/c1-2-11-28(12-3-1)30-15-10-16-32(25-30)43(39-26-31-14-5-6-17-34(31)36-19-8-9-20-37(36)39)33-22-24-40-38(27-33)42-35-18-7-4-13-29(35)21-23-41(42)44-40/h1-27H. The smallest absolute Gasteiger partial charge is 0.136 e. The molecule has 9 aromatic rings. The fraction of sp³-hybridized carbons (Fsp3) is 0. The molecule has 0 saturated heterocycles. The first kappa shape index (κ1) is 24.7. The highest BCUT2D eigenvalue weighted by atomic mass is 16.3. The molecule has 0 radical (unpaired) electrons. The Labute approximate surface area is 255 Å². The summed E-state index contributed by atoms with van der Waals surface area (Å²) in [5.74, 6) is 0. The van der Waals surface area contributed by atoms with Crippen molar-refractivity contribution in [3.05, 3.63) is 164 Å². The van der Waals surface area contributed by atoms with E-state index in [1.54, 1.807) is 0 Å². The van der Waals surface area contributed by atoms with Gasteiger partial charge >= 0.3 is 0 Å². The van der Waals surface area contributed by atoms with E-state index in [1.807, 2.05) is 0 Å². The number of nitrogens with zero attached hydrogens (tertiary/aromatic N) is 1. The lowest BCUT2D eigenvalue weighted by Crippen LogP contribution is -2.10. The Morgan fingerprint density at radius 3 is 1.89 bits per heavy atom. The maximum absolute atomic E-state index is 6.39. The third-order valence-electron chi connectivity index (χ3n) is 8.80. The van der Waals surface area contributed by atoms with E-state index in [1.165, 1.54) is 43.4 Å². The normalized spacial score (nSPS) is 11.6. The number of hydrogen-bond donors (Lipinski definition) is 0. The van der Waals surface area contributed by atoms with Crippen LogP contribution in [0, 0.1) is 0 Å². The lowest BCUT2D eigenvalue weighted by atomic mass is 9.98. The molecule has 1 heterocycles. The quantitative estimate of drug-likeness (QED) is 0.199. The molecule has 0 aliphatic carbocycles. The Kier molecular flexibility index (Phi) is 5.54. The first-order valence-corrected chi connectivity index (χ1v) is 15.0. The third-order valence-corrected chi connectivity index (χ3v) is 8.80. The van der Waals surface area contributed by atoms with E-state index in [0.717, 1.165) is 39.0 Å². The summed E-state index contributed by atoms with van der Waals surface area (Å²) in [7, 11) is 0. The summed E-state index contributed by atoms with van der Waals surface area (Å²) >= 11 is 0. The number of anilines is 3. The summed E-state index contributed by atoms with van der Waals surface area (Å²) in [6, 6.07) is 58.6. The fourth-order valence-corrected chi connectivity index (χ4v) is 6.78. The highest BCUT2D eigenvalue weighted by molar-refractivity contribution is 6.20. The molecule has 206 valence electrons. The molecule has 2 heteroatoms. The van der Waals surface area contributed by atoms with E-state index >= 15 is 0 Å². The van der Waals surface area contributed by atoms with E-state index in [9.17, 15) is 0 Å². The summed E-state index contributed by atoms with van der Waals surface area (Å²) in [5, 5.41) is 9.60. The van der Waals surface area contributed by atoms with Crippen LogP contribution in [0.5, 0.6) is 0 Å². The minimum absolute atomic E-state index is 0.890. The zero-order valence-electron chi connectivity index (χ0n) is 23.9. The Morgan fingerprint density at radius 1 is 0.364 bits per heavy atom. The van der Waals surface area contributed by atoms with Crippen molar-refractivity contribution in [2.75, 3.05) is 4.90 Å². The molecule has 0 spiro atoms. The Balaban J connectivity index is 1.36. The average Bonchev–Trinajstić information content (AvgIpc) is 3.48. The zero-order chi connectivity index (χ0) is 29.0. The van der Waals surface area contributed by atoms with Crippen molar-refractivity contribution in [3.8, 4) is 11.1 Å². The molecule has 9 rings (SSSR count). The SMILES string of the molecule is c1ccc(-c2cccc(N(c3ccc4oc5ccc6ccccc6c5c4c3)c3cc4ccccc4c4ccccc34)c2)cc1. The summed E-state index contributed by atoms with van der Waals surface area (Å²) in [4.78, 5) is 2.41. The van der Waals surface area contributed by atoms with E-state index < -0.39 is 0 Å². The molecule has 8 aromatic carbocycles. The Hall–Kier alpha value is -5.86. The van der Waals surface area contributed by atoms with Gasteiger partial charge in [0.05, 0.1) is 5.69 Å². The molecule has 0 unspecified atom stereocenters. The number of hydrogen-bond acceptors (Lipinski definition) is 2. The van der Waals surface area contributed by atoms with Gasteiger partial charge in [-0.3, -0.25) is 0 Å². The first-order valence-electron chi connectivity index (χ1n) is 15.0. The second-order valence-corrected chi connectivity index (χ2v) is 11.4. The number of rotatable bonds is 4. The van der Waals surface area contributed by atoms with Crippen LogP contribution in [0.4, 0.5) is 17.1 Å². The molecule has 44 heavy (non-hydrogen) atoms. The van der Waals surface area contributed by atoms with Crippen LogP contribution in [-0.2, 0) is 0 Å². The van der Waals surface area contributed by atoms with Crippen molar-refractivity contribution in [2.24, 2.45) is 0 Å². The summed E-state index contributed by atoms with van der Waals surface area (Å²) < 4.78 is 6.39. The van der Waals surface area contributed by atoms with Gasteiger partial charge in [0.1, 0.15) is 11.2 Å². The molecule has 0 aliphatic heterocycles. The van der Waals surface area contributed by atoms with Crippen LogP contribution < -0.4 is 4.90 Å². The van der Waals surface area contributed by atoms with Gasteiger partial charge in [0, 0.05) is 27.5 Å². The topological polar surface area (TPSA) is 16.4 Å². The number of benzene rings is 8. The summed E-state index contributed by atoms with van der Waals surface area (Å²) in [5.41, 5.74) is 7.50. The molecule has 1 aromatic heterocycles. The predicted molar refractivity (Wildman–Crippen MR) is 186 cm³/mol. The monoisotopic (exact) mass is 561 g/mol. The Morgan fingerprint density at radius 2 is 1.02 bits per heavy atom. The van der Waals surface area contributed by atoms with Crippen LogP contribution >= 0.6 is 0 Å². The summed E-state index contributed by atoms with van der Waals surface area (Å²) in [6.45, 7) is 0. The molecule has 0 fully saturated rings. The number of furan rings is 1. The maximum atomic E-state index is 6.39. The second kappa shape index (κ2) is 9.86. The van der Waals surface area contributed by atoms with Gasteiger partial charge in [-0.15, -0.1) is 0 Å². The van der Waals surface area contributed by atoms with E-state index in [-0.39, 0.29) is 0 Å². The van der Waals surface area contributed by atoms with Crippen molar-refractivity contribution in [1.29, 1.82) is 0 Å². The maximum Gasteiger partial charge on any atom is 0.136 e. The van der Waals surface area contributed by atoms with Crippen LogP contribution in [-0.4, -0.2) is 0 Å². The first-order chi connectivity index (χ1) is 21.8. The number of fused-ring (bicyclic) bond motifs is 8. The van der Waals surface area contributed by atoms with Crippen molar-refractivity contribution < 1.29 is 4.42 Å². The van der Waals surface area contributed by atoms with Crippen molar-refractivity contribution in [1.82, 2.24) is 0 Å². The van der Waals surface area contributed by atoms with E-state index in [2.05, 4.69) is 169 Å². The zero-order valence-corrected chi connectivity index (χ0v) is 23.9. The molecule has 0 atom stereocenters. The molecule has 0 bridgehead atoms. The van der Waals surface area contributed by atoms with Crippen LogP contribution in [0.1, 0.15) is 0 Å². The van der Waals surface area contributed by atoms with Gasteiger partial charge in [0.15, 0.2) is 0 Å². The Bertz CT molecular complexity index is 2510. The van der Waals surface area contributed by atoms with Gasteiger partial charge in [-0.05, 0) is 80.5 Å². The van der Waals surface area contributed by atoms with Crippen molar-refractivity contribution >= 4 is 71.3 Å². The molecular formula is C42H27NO. The minimum Gasteiger partial charge on any atom is -0.456 e. The van der Waals surface area contributed by atoms with Gasteiger partial charge in [0.2, 0.25) is 0 Å². The van der Waals surface area contributed by atoms with Gasteiger partial charge in [-0.25, -0.2) is 0 Å².